The lowest BCUT2D eigenvalue weighted by Crippen LogP contribution is -2.41. The number of hydrogen-bond acceptors (Lipinski definition) is 4. The van der Waals surface area contributed by atoms with Crippen LogP contribution in [0.15, 0.2) is 77.8 Å². The maximum absolute atomic E-state index is 13.2. The zero-order valence-corrected chi connectivity index (χ0v) is 20.8. The van der Waals surface area contributed by atoms with Crippen molar-refractivity contribution in [3.8, 4) is 6.07 Å². The van der Waals surface area contributed by atoms with Crippen molar-refractivity contribution in [1.82, 2.24) is 10.4 Å². The van der Waals surface area contributed by atoms with Gasteiger partial charge in [-0.05, 0) is 47.9 Å². The van der Waals surface area contributed by atoms with Gasteiger partial charge in [0.25, 0.3) is 5.91 Å². The van der Waals surface area contributed by atoms with Crippen LogP contribution in [-0.4, -0.2) is 22.7 Å². The highest BCUT2D eigenvalue weighted by molar-refractivity contribution is 6.33. The molecule has 1 aliphatic rings. The summed E-state index contributed by atoms with van der Waals surface area (Å²) in [6, 6.07) is 23.5. The van der Waals surface area contributed by atoms with E-state index in [-0.39, 0.29) is 12.5 Å². The normalized spacial score (nSPS) is 15.9. The summed E-state index contributed by atoms with van der Waals surface area (Å²) in [6.45, 7) is 0. The molecule has 1 atom stereocenters. The van der Waals surface area contributed by atoms with Crippen LogP contribution in [0.2, 0.25) is 10.0 Å². The molecule has 1 heterocycles. The van der Waals surface area contributed by atoms with Crippen LogP contribution >= 0.6 is 23.2 Å². The summed E-state index contributed by atoms with van der Waals surface area (Å²) in [5, 5.41) is 14.1. The first kappa shape index (κ1) is 25.2. The number of halogens is 2. The summed E-state index contributed by atoms with van der Waals surface area (Å²) in [7, 11) is 0. The molecule has 3 aromatic rings. The minimum absolute atomic E-state index is 0.337. The lowest BCUT2D eigenvalue weighted by Gasteiger charge is -2.24. The van der Waals surface area contributed by atoms with E-state index in [9.17, 15) is 9.59 Å². The molecule has 2 N–H and O–H groups in total. The molecule has 0 bridgehead atoms. The molecule has 0 saturated carbocycles. The number of nitrogens with one attached hydrogen (secondary N) is 2. The summed E-state index contributed by atoms with van der Waals surface area (Å²) in [4.78, 5) is 30.6. The number of anilines is 1. The topological polar surface area (TPSA) is 97.6 Å². The number of rotatable bonds is 7. The first-order valence-electron chi connectivity index (χ1n) is 11.4. The van der Waals surface area contributed by atoms with Crippen molar-refractivity contribution in [3.05, 3.63) is 94.0 Å². The van der Waals surface area contributed by atoms with Gasteiger partial charge in [0.2, 0.25) is 5.91 Å². The number of nitriles is 1. The van der Waals surface area contributed by atoms with E-state index in [4.69, 9.17) is 33.5 Å². The molecule has 2 amide bonds. The van der Waals surface area contributed by atoms with E-state index in [1.807, 2.05) is 30.3 Å². The maximum Gasteiger partial charge on any atom is 0.250 e. The molecule has 1 unspecified atom stereocenters. The molecule has 3 aromatic carbocycles. The highest BCUT2D eigenvalue weighted by Gasteiger charge is 2.34. The van der Waals surface area contributed by atoms with Gasteiger partial charge < -0.3 is 5.32 Å². The van der Waals surface area contributed by atoms with Gasteiger partial charge in [-0.2, -0.15) is 5.26 Å². The second-order valence-electron chi connectivity index (χ2n) is 8.20. The molecular weight excluding hydrogens is 497 g/mol. The van der Waals surface area contributed by atoms with E-state index in [1.54, 1.807) is 42.5 Å². The third kappa shape index (κ3) is 6.22. The van der Waals surface area contributed by atoms with Crippen LogP contribution in [0.3, 0.4) is 0 Å². The lowest BCUT2D eigenvalue weighted by atomic mass is 10.0. The molecule has 182 valence electrons. The van der Waals surface area contributed by atoms with Crippen molar-refractivity contribution >= 4 is 52.2 Å². The monoisotopic (exact) mass is 519 g/mol. The zero-order valence-electron chi connectivity index (χ0n) is 19.2. The molecule has 7 nitrogen and oxygen atoms in total. The number of carbonyl (C=O) groups is 2. The minimum atomic E-state index is -0.469. The summed E-state index contributed by atoms with van der Waals surface area (Å²) in [5.74, 6) is -0.299. The Labute approximate surface area is 219 Å². The highest BCUT2D eigenvalue weighted by atomic mass is 35.5. The van der Waals surface area contributed by atoms with E-state index in [0.29, 0.717) is 46.5 Å². The highest BCUT2D eigenvalue weighted by Crippen LogP contribution is 2.31. The van der Waals surface area contributed by atoms with Crippen LogP contribution in [0, 0.1) is 11.3 Å². The molecule has 9 heteroatoms. The van der Waals surface area contributed by atoms with Gasteiger partial charge in [0, 0.05) is 17.9 Å². The number of hydrogen-bond donors (Lipinski definition) is 2. The molecule has 0 aromatic heterocycles. The molecular formula is C27H23Cl2N5O2. The first-order chi connectivity index (χ1) is 17.4. The second-order valence-corrected chi connectivity index (χ2v) is 9.04. The molecule has 4 rings (SSSR count). The Morgan fingerprint density at radius 3 is 2.58 bits per heavy atom. The Bertz CT molecular complexity index is 1340. The quantitative estimate of drug-likeness (QED) is 0.374. The number of carbonyl (C=O) groups excluding carboxylic acids is 2. The second kappa shape index (κ2) is 11.7. The first-order valence-corrected chi connectivity index (χ1v) is 12.1. The average Bonchev–Trinajstić information content (AvgIpc) is 3.30. The number of amides is 2. The van der Waals surface area contributed by atoms with Crippen LogP contribution in [0.4, 0.5) is 11.4 Å². The summed E-state index contributed by atoms with van der Waals surface area (Å²) in [6.07, 6.45) is 0.908. The third-order valence-electron chi connectivity index (χ3n) is 5.66. The molecule has 1 saturated heterocycles. The van der Waals surface area contributed by atoms with Crippen LogP contribution in [0.25, 0.3) is 0 Å². The Kier molecular flexibility index (Phi) is 8.21. The standard InChI is InChI=1S/C27H23Cl2N5O2/c28-20-12-13-22(19(15-20)9-6-14-30)31-25-16-24(18-7-2-1-3-8-18)34(33-25)27(36)17-26(35)32-23-11-5-4-10-21(23)29/h1-5,7-8,10-13,15,24H,6,9,16-17H2,(H,31,33)(H,32,35). The van der Waals surface area contributed by atoms with Gasteiger partial charge in [-0.3, -0.25) is 15.0 Å². The largest absolute Gasteiger partial charge is 0.324 e. The van der Waals surface area contributed by atoms with Crippen molar-refractivity contribution in [2.24, 2.45) is 4.99 Å². The van der Waals surface area contributed by atoms with Gasteiger partial charge in [-0.15, -0.1) is 0 Å². The van der Waals surface area contributed by atoms with Crippen LogP contribution in [-0.2, 0) is 16.0 Å². The number of aryl methyl sites for hydroxylation is 1. The fourth-order valence-electron chi connectivity index (χ4n) is 3.96. The Morgan fingerprint density at radius 1 is 1.08 bits per heavy atom. The van der Waals surface area contributed by atoms with Gasteiger partial charge >= 0.3 is 0 Å². The Hall–Kier alpha value is -3.86. The number of hydrazine groups is 1. The van der Waals surface area contributed by atoms with E-state index in [1.165, 1.54) is 5.01 Å². The van der Waals surface area contributed by atoms with Gasteiger partial charge in [0.15, 0.2) is 0 Å². The van der Waals surface area contributed by atoms with Gasteiger partial charge in [0.05, 0.1) is 28.5 Å². The fourth-order valence-corrected chi connectivity index (χ4v) is 4.34. The van der Waals surface area contributed by atoms with Crippen molar-refractivity contribution < 1.29 is 9.59 Å². The predicted molar refractivity (Wildman–Crippen MR) is 141 cm³/mol. The van der Waals surface area contributed by atoms with Gasteiger partial charge in [-0.25, -0.2) is 10.0 Å². The molecule has 36 heavy (non-hydrogen) atoms. The molecule has 1 aliphatic heterocycles. The SMILES string of the molecule is N#CCCc1cc(Cl)ccc1N=C1CC(c2ccccc2)N(C(=O)CC(=O)Nc2ccccc2Cl)N1. The zero-order chi connectivity index (χ0) is 25.5. The fraction of sp³-hybridized carbons (Fsp3) is 0.185. The molecule has 0 aliphatic carbocycles. The molecule has 0 radical (unpaired) electrons. The summed E-state index contributed by atoms with van der Waals surface area (Å²) < 4.78 is 0. The van der Waals surface area contributed by atoms with Gasteiger partial charge in [0.1, 0.15) is 12.3 Å². The van der Waals surface area contributed by atoms with Gasteiger partial charge in [-0.1, -0.05) is 65.7 Å². The lowest BCUT2D eigenvalue weighted by molar-refractivity contribution is -0.137. The Morgan fingerprint density at radius 2 is 1.83 bits per heavy atom. The number of amidine groups is 1. The Balaban J connectivity index is 1.56. The minimum Gasteiger partial charge on any atom is -0.324 e. The number of nitrogens with zero attached hydrogens (tertiary/aromatic N) is 3. The van der Waals surface area contributed by atoms with E-state index < -0.39 is 11.8 Å². The molecule has 0 spiro atoms. The third-order valence-corrected chi connectivity index (χ3v) is 6.23. The average molecular weight is 520 g/mol. The predicted octanol–water partition coefficient (Wildman–Crippen LogP) is 5.99. The summed E-state index contributed by atoms with van der Waals surface area (Å²) in [5.41, 5.74) is 5.98. The molecule has 1 fully saturated rings. The van der Waals surface area contributed by atoms with Crippen molar-refractivity contribution in [2.45, 2.75) is 31.7 Å². The smallest absolute Gasteiger partial charge is 0.250 e. The maximum atomic E-state index is 13.2. The van der Waals surface area contributed by atoms with E-state index >= 15 is 0 Å². The van der Waals surface area contributed by atoms with E-state index in [0.717, 1.165) is 11.1 Å². The van der Waals surface area contributed by atoms with Crippen LogP contribution in [0.1, 0.15) is 36.4 Å². The van der Waals surface area contributed by atoms with Crippen molar-refractivity contribution in [1.29, 1.82) is 5.26 Å². The van der Waals surface area contributed by atoms with Crippen LogP contribution < -0.4 is 10.7 Å². The van der Waals surface area contributed by atoms with Crippen molar-refractivity contribution in [3.63, 3.8) is 0 Å². The number of para-hydroxylation sites is 1. The number of benzene rings is 3. The van der Waals surface area contributed by atoms with E-state index in [2.05, 4.69) is 16.8 Å². The summed E-state index contributed by atoms with van der Waals surface area (Å²) >= 11 is 12.3. The van der Waals surface area contributed by atoms with Crippen molar-refractivity contribution in [2.75, 3.05) is 5.32 Å². The van der Waals surface area contributed by atoms with Crippen LogP contribution in [0.5, 0.6) is 0 Å². The number of aliphatic imine (C=N–C) groups is 1.